The molecule has 0 radical (unpaired) electrons. The fourth-order valence-corrected chi connectivity index (χ4v) is 4.79. The Labute approximate surface area is 168 Å². The highest BCUT2D eigenvalue weighted by atomic mass is 35.5. The van der Waals surface area contributed by atoms with Gasteiger partial charge in [0.15, 0.2) is 11.6 Å². The lowest BCUT2D eigenvalue weighted by atomic mass is 10.1. The average molecular weight is 427 g/mol. The molecule has 2 rings (SSSR count). The number of carbonyl (C=O) groups is 4. The van der Waals surface area contributed by atoms with E-state index in [9.17, 15) is 19.2 Å². The summed E-state index contributed by atoms with van der Waals surface area (Å²) in [6.07, 6.45) is 0. The summed E-state index contributed by atoms with van der Waals surface area (Å²) in [6, 6.07) is 9.31. The number of halogens is 2. The number of Topliss-reactive ketones (excluding diaryl/α,β-unsaturated/α-hetero) is 2. The molecule has 0 saturated carbocycles. The van der Waals surface area contributed by atoms with Crippen molar-refractivity contribution >= 4 is 66.8 Å². The van der Waals surface area contributed by atoms with Gasteiger partial charge in [-0.15, -0.1) is 0 Å². The van der Waals surface area contributed by atoms with Gasteiger partial charge in [0, 0.05) is 32.0 Å². The zero-order valence-electron chi connectivity index (χ0n) is 13.7. The molecule has 0 aliphatic rings. The standard InChI is InChI=1S/C18H12Cl2O4S2/c1-9(21)11-3-5-15(13(7-11)17(19)23)25-26-16-6-4-12(10(2)22)8-14(16)18(20)24/h3-8H,1-2H3. The molecule has 0 unspecified atom stereocenters. The van der Waals surface area contributed by atoms with Gasteiger partial charge in [0.05, 0.1) is 0 Å². The van der Waals surface area contributed by atoms with Crippen LogP contribution in [0.4, 0.5) is 0 Å². The van der Waals surface area contributed by atoms with Crippen molar-refractivity contribution in [3.05, 3.63) is 58.7 Å². The maximum Gasteiger partial charge on any atom is 0.253 e. The van der Waals surface area contributed by atoms with Crippen molar-refractivity contribution in [3.8, 4) is 0 Å². The third-order valence-electron chi connectivity index (χ3n) is 3.42. The van der Waals surface area contributed by atoms with Crippen molar-refractivity contribution < 1.29 is 19.2 Å². The number of rotatable bonds is 7. The highest BCUT2D eigenvalue weighted by Crippen LogP contribution is 2.41. The van der Waals surface area contributed by atoms with E-state index in [2.05, 4.69) is 0 Å². The smallest absolute Gasteiger partial charge is 0.253 e. The molecule has 0 aromatic heterocycles. The first-order valence-corrected chi connectivity index (χ1v) is 10.2. The van der Waals surface area contributed by atoms with Gasteiger partial charge in [-0.05, 0) is 61.3 Å². The van der Waals surface area contributed by atoms with E-state index in [1.165, 1.54) is 47.6 Å². The van der Waals surface area contributed by atoms with Crippen molar-refractivity contribution in [1.29, 1.82) is 0 Å². The minimum atomic E-state index is -0.684. The number of carbonyl (C=O) groups excluding carboxylic acids is 4. The Bertz CT molecular complexity index is 850. The zero-order valence-corrected chi connectivity index (χ0v) is 16.8. The molecule has 8 heteroatoms. The molecule has 0 fully saturated rings. The second kappa shape index (κ2) is 8.86. The molecular weight excluding hydrogens is 415 g/mol. The van der Waals surface area contributed by atoms with Crippen LogP contribution >= 0.6 is 44.8 Å². The summed E-state index contributed by atoms with van der Waals surface area (Å²) in [4.78, 5) is 47.4. The lowest BCUT2D eigenvalue weighted by Gasteiger charge is -2.09. The minimum Gasteiger partial charge on any atom is -0.295 e. The maximum atomic E-state index is 11.7. The summed E-state index contributed by atoms with van der Waals surface area (Å²) < 4.78 is 0. The number of hydrogen-bond donors (Lipinski definition) is 0. The first kappa shape index (κ1) is 20.7. The van der Waals surface area contributed by atoms with Crippen LogP contribution in [0.3, 0.4) is 0 Å². The molecule has 0 N–H and O–H groups in total. The van der Waals surface area contributed by atoms with Crippen LogP contribution in [0.5, 0.6) is 0 Å². The van der Waals surface area contributed by atoms with Crippen LogP contribution in [0.2, 0.25) is 0 Å². The van der Waals surface area contributed by atoms with Crippen LogP contribution in [0.25, 0.3) is 0 Å². The van der Waals surface area contributed by atoms with Crippen molar-refractivity contribution in [3.63, 3.8) is 0 Å². The van der Waals surface area contributed by atoms with Crippen molar-refractivity contribution in [2.75, 3.05) is 0 Å². The summed E-state index contributed by atoms with van der Waals surface area (Å²) in [5.74, 6) is -0.355. The number of benzene rings is 2. The molecule has 0 saturated heterocycles. The first-order valence-electron chi connectivity index (χ1n) is 7.25. The van der Waals surface area contributed by atoms with E-state index in [1.807, 2.05) is 0 Å². The van der Waals surface area contributed by atoms with Gasteiger partial charge in [-0.25, -0.2) is 0 Å². The van der Waals surface area contributed by atoms with Crippen LogP contribution in [0.15, 0.2) is 46.2 Å². The molecule has 26 heavy (non-hydrogen) atoms. The Morgan fingerprint density at radius 2 is 1.04 bits per heavy atom. The second-order valence-corrected chi connectivity index (χ2v) is 8.15. The Hall–Kier alpha value is -1.60. The van der Waals surface area contributed by atoms with Crippen LogP contribution in [0.1, 0.15) is 55.3 Å². The Kier molecular flexibility index (Phi) is 7.06. The Balaban J connectivity index is 2.34. The predicted molar refractivity (Wildman–Crippen MR) is 105 cm³/mol. The average Bonchev–Trinajstić information content (AvgIpc) is 2.59. The number of ketones is 2. The van der Waals surface area contributed by atoms with Gasteiger partial charge in [0.1, 0.15) is 0 Å². The molecule has 0 amide bonds. The van der Waals surface area contributed by atoms with Gasteiger partial charge in [-0.1, -0.05) is 33.7 Å². The van der Waals surface area contributed by atoms with Crippen molar-refractivity contribution in [1.82, 2.24) is 0 Å². The summed E-state index contributed by atoms with van der Waals surface area (Å²) in [6.45, 7) is 2.79. The fraction of sp³-hybridized carbons (Fsp3) is 0.111. The van der Waals surface area contributed by atoms with E-state index < -0.39 is 10.5 Å². The van der Waals surface area contributed by atoms with Crippen molar-refractivity contribution in [2.45, 2.75) is 23.6 Å². The zero-order chi connectivity index (χ0) is 19.4. The maximum absolute atomic E-state index is 11.7. The van der Waals surface area contributed by atoms with E-state index in [-0.39, 0.29) is 22.7 Å². The molecule has 4 nitrogen and oxygen atoms in total. The normalized spacial score (nSPS) is 10.5. The minimum absolute atomic E-state index is 0.178. The SMILES string of the molecule is CC(=O)c1ccc(SSc2ccc(C(C)=O)cc2C(=O)Cl)c(C(=O)Cl)c1. The van der Waals surface area contributed by atoms with Crippen LogP contribution < -0.4 is 0 Å². The molecule has 0 aliphatic carbocycles. The van der Waals surface area contributed by atoms with Gasteiger partial charge >= 0.3 is 0 Å². The highest BCUT2D eigenvalue weighted by molar-refractivity contribution is 8.76. The molecule has 0 spiro atoms. The van der Waals surface area contributed by atoms with Crippen LogP contribution in [0, 0.1) is 0 Å². The fourth-order valence-electron chi connectivity index (χ4n) is 2.04. The molecule has 134 valence electrons. The van der Waals surface area contributed by atoms with E-state index >= 15 is 0 Å². The van der Waals surface area contributed by atoms with Gasteiger partial charge in [-0.3, -0.25) is 19.2 Å². The van der Waals surface area contributed by atoms with Gasteiger partial charge in [0.2, 0.25) is 0 Å². The van der Waals surface area contributed by atoms with Crippen LogP contribution in [-0.2, 0) is 0 Å². The van der Waals surface area contributed by atoms with Gasteiger partial charge in [0.25, 0.3) is 10.5 Å². The number of hydrogen-bond acceptors (Lipinski definition) is 6. The quantitative estimate of drug-likeness (QED) is 0.323. The van der Waals surface area contributed by atoms with Gasteiger partial charge in [-0.2, -0.15) is 0 Å². The topological polar surface area (TPSA) is 68.3 Å². The largest absolute Gasteiger partial charge is 0.295 e. The van der Waals surface area contributed by atoms with Crippen molar-refractivity contribution in [2.24, 2.45) is 0 Å². The van der Waals surface area contributed by atoms with E-state index in [0.29, 0.717) is 20.9 Å². The monoisotopic (exact) mass is 426 g/mol. The summed E-state index contributed by atoms with van der Waals surface area (Å²) >= 11 is 11.2. The summed E-state index contributed by atoms with van der Waals surface area (Å²) in [7, 11) is 2.40. The van der Waals surface area contributed by atoms with E-state index in [0.717, 1.165) is 0 Å². The third-order valence-corrected chi connectivity index (χ3v) is 6.31. The molecule has 0 bridgehead atoms. The van der Waals surface area contributed by atoms with Gasteiger partial charge < -0.3 is 0 Å². The second-order valence-electron chi connectivity index (χ2n) is 5.25. The predicted octanol–water partition coefficient (Wildman–Crippen LogP) is 5.65. The molecular formula is C18H12Cl2O4S2. The Morgan fingerprint density at radius 1 is 0.692 bits per heavy atom. The van der Waals surface area contributed by atoms with E-state index in [1.54, 1.807) is 24.3 Å². The lowest BCUT2D eigenvalue weighted by Crippen LogP contribution is -1.99. The Morgan fingerprint density at radius 3 is 1.31 bits per heavy atom. The summed E-state index contributed by atoms with van der Waals surface area (Å²) in [5, 5.41) is -1.37. The third kappa shape index (κ3) is 4.98. The summed E-state index contributed by atoms with van der Waals surface area (Å²) in [5.41, 5.74) is 1.17. The molecule has 0 atom stereocenters. The highest BCUT2D eigenvalue weighted by Gasteiger charge is 2.16. The first-order chi connectivity index (χ1) is 12.2. The molecule has 0 heterocycles. The van der Waals surface area contributed by atoms with E-state index in [4.69, 9.17) is 23.2 Å². The molecule has 2 aromatic rings. The molecule has 2 aromatic carbocycles. The van der Waals surface area contributed by atoms with Crippen LogP contribution in [-0.4, -0.2) is 22.1 Å². The molecule has 0 aliphatic heterocycles. The lowest BCUT2D eigenvalue weighted by molar-refractivity contribution is 0.100.